The third-order valence-corrected chi connectivity index (χ3v) is 3.09. The average molecular weight is 267 g/mol. The normalized spacial score (nSPS) is 11.2. The van der Waals surface area contributed by atoms with E-state index in [2.05, 4.69) is 19.7 Å². The van der Waals surface area contributed by atoms with E-state index in [1.54, 1.807) is 12.2 Å². The van der Waals surface area contributed by atoms with Crippen LogP contribution < -0.4 is 5.73 Å². The average Bonchev–Trinajstić information content (AvgIpc) is 2.43. The minimum atomic E-state index is -0.104. The van der Waals surface area contributed by atoms with Crippen molar-refractivity contribution in [3.63, 3.8) is 0 Å². The van der Waals surface area contributed by atoms with E-state index in [4.69, 9.17) is 15.2 Å². The topological polar surface area (TPSA) is 44.5 Å². The van der Waals surface area contributed by atoms with Gasteiger partial charge in [0, 0.05) is 12.0 Å². The van der Waals surface area contributed by atoms with Gasteiger partial charge < -0.3 is 15.2 Å². The Balaban J connectivity index is 4.30. The molecule has 0 rings (SSSR count). The van der Waals surface area contributed by atoms with Crippen LogP contribution in [0, 0.1) is 5.41 Å². The largest absolute Gasteiger partial charge is 0.377 e. The summed E-state index contributed by atoms with van der Waals surface area (Å²) in [4.78, 5) is 0. The Kier molecular flexibility index (Phi) is 11.6. The standard InChI is InChI=1S/C16H29NO2/c1-4-7-8-9-10-16(13-17,14-18-11-5-2)15-19-12-6-3/h4-6H,1-3,7-15,17H2. The summed E-state index contributed by atoms with van der Waals surface area (Å²) < 4.78 is 11.2. The molecular formula is C16H29NO2. The highest BCUT2D eigenvalue weighted by Gasteiger charge is 2.28. The summed E-state index contributed by atoms with van der Waals surface area (Å²) >= 11 is 0. The van der Waals surface area contributed by atoms with Crippen molar-refractivity contribution in [2.75, 3.05) is 33.0 Å². The SMILES string of the molecule is C=CCCCCC(CN)(COCC=C)COCC=C. The van der Waals surface area contributed by atoms with Gasteiger partial charge in [-0.3, -0.25) is 0 Å². The molecule has 0 radical (unpaired) electrons. The molecule has 0 aromatic rings. The summed E-state index contributed by atoms with van der Waals surface area (Å²) in [7, 11) is 0. The molecule has 3 heteroatoms. The van der Waals surface area contributed by atoms with Gasteiger partial charge in [0.05, 0.1) is 26.4 Å². The minimum Gasteiger partial charge on any atom is -0.377 e. The van der Waals surface area contributed by atoms with Crippen LogP contribution in [-0.4, -0.2) is 33.0 Å². The van der Waals surface area contributed by atoms with Gasteiger partial charge in [-0.15, -0.1) is 19.7 Å². The molecule has 0 heterocycles. The lowest BCUT2D eigenvalue weighted by Gasteiger charge is -2.32. The second kappa shape index (κ2) is 12.2. The molecule has 19 heavy (non-hydrogen) atoms. The van der Waals surface area contributed by atoms with E-state index in [1.165, 1.54) is 0 Å². The van der Waals surface area contributed by atoms with Crippen molar-refractivity contribution < 1.29 is 9.47 Å². The first-order valence-electron chi connectivity index (χ1n) is 6.93. The van der Waals surface area contributed by atoms with E-state index in [9.17, 15) is 0 Å². The summed E-state index contributed by atoms with van der Waals surface area (Å²) in [6, 6.07) is 0. The maximum Gasteiger partial charge on any atom is 0.0645 e. The summed E-state index contributed by atoms with van der Waals surface area (Å²) in [5, 5.41) is 0. The third kappa shape index (κ3) is 8.76. The molecule has 0 aromatic carbocycles. The van der Waals surface area contributed by atoms with Crippen LogP contribution in [0.25, 0.3) is 0 Å². The molecule has 3 nitrogen and oxygen atoms in total. The lowest BCUT2D eigenvalue weighted by atomic mass is 9.84. The molecular weight excluding hydrogens is 238 g/mol. The van der Waals surface area contributed by atoms with Crippen LogP contribution in [-0.2, 0) is 9.47 Å². The van der Waals surface area contributed by atoms with E-state index in [1.807, 2.05) is 6.08 Å². The molecule has 0 aliphatic carbocycles. The van der Waals surface area contributed by atoms with Gasteiger partial charge in [0.25, 0.3) is 0 Å². The zero-order valence-electron chi connectivity index (χ0n) is 12.1. The number of ether oxygens (including phenoxy) is 2. The van der Waals surface area contributed by atoms with Gasteiger partial charge >= 0.3 is 0 Å². The van der Waals surface area contributed by atoms with Crippen LogP contribution in [0.4, 0.5) is 0 Å². The molecule has 0 spiro atoms. The van der Waals surface area contributed by atoms with Gasteiger partial charge in [-0.05, 0) is 19.3 Å². The van der Waals surface area contributed by atoms with E-state index in [0.717, 1.165) is 25.7 Å². The molecule has 0 fully saturated rings. The summed E-state index contributed by atoms with van der Waals surface area (Å²) in [6.07, 6.45) is 9.75. The lowest BCUT2D eigenvalue weighted by Crippen LogP contribution is -2.40. The zero-order valence-corrected chi connectivity index (χ0v) is 12.1. The predicted octanol–water partition coefficient (Wildman–Crippen LogP) is 3.08. The Bertz CT molecular complexity index is 237. The van der Waals surface area contributed by atoms with Crippen LogP contribution in [0.15, 0.2) is 38.0 Å². The first-order valence-corrected chi connectivity index (χ1v) is 6.93. The number of hydrogen-bond donors (Lipinski definition) is 1. The van der Waals surface area contributed by atoms with Crippen LogP contribution in [0.2, 0.25) is 0 Å². The van der Waals surface area contributed by atoms with Crippen molar-refractivity contribution in [1.29, 1.82) is 0 Å². The second-order valence-corrected chi connectivity index (χ2v) is 4.85. The van der Waals surface area contributed by atoms with E-state index in [0.29, 0.717) is 33.0 Å². The molecule has 110 valence electrons. The highest BCUT2D eigenvalue weighted by Crippen LogP contribution is 2.25. The monoisotopic (exact) mass is 267 g/mol. The molecule has 0 aliphatic heterocycles. The minimum absolute atomic E-state index is 0.104. The Labute approximate surface area is 118 Å². The van der Waals surface area contributed by atoms with Gasteiger partial charge in [-0.25, -0.2) is 0 Å². The quantitative estimate of drug-likeness (QED) is 0.388. The van der Waals surface area contributed by atoms with Gasteiger partial charge in [-0.2, -0.15) is 0 Å². The number of rotatable bonds is 14. The van der Waals surface area contributed by atoms with Gasteiger partial charge in [0.15, 0.2) is 0 Å². The third-order valence-electron chi connectivity index (χ3n) is 3.09. The van der Waals surface area contributed by atoms with Crippen molar-refractivity contribution in [3.05, 3.63) is 38.0 Å². The summed E-state index contributed by atoms with van der Waals surface area (Å²) in [5.41, 5.74) is 5.85. The fraction of sp³-hybridized carbons (Fsp3) is 0.625. The first kappa shape index (κ1) is 18.1. The molecule has 0 unspecified atom stereocenters. The molecule has 0 aliphatic rings. The Morgan fingerprint density at radius 1 is 0.895 bits per heavy atom. The summed E-state index contributed by atoms with van der Waals surface area (Å²) in [6.45, 7) is 13.9. The van der Waals surface area contributed by atoms with Crippen LogP contribution in [0.3, 0.4) is 0 Å². The maximum atomic E-state index is 5.96. The predicted molar refractivity (Wildman–Crippen MR) is 82.2 cm³/mol. The van der Waals surface area contributed by atoms with Crippen molar-refractivity contribution >= 4 is 0 Å². The molecule has 0 bridgehead atoms. The number of allylic oxidation sites excluding steroid dienone is 1. The van der Waals surface area contributed by atoms with Crippen molar-refractivity contribution in [1.82, 2.24) is 0 Å². The maximum absolute atomic E-state index is 5.96. The van der Waals surface area contributed by atoms with E-state index in [-0.39, 0.29) is 5.41 Å². The second-order valence-electron chi connectivity index (χ2n) is 4.85. The van der Waals surface area contributed by atoms with Crippen molar-refractivity contribution in [2.24, 2.45) is 11.1 Å². The molecule has 0 atom stereocenters. The molecule has 0 saturated carbocycles. The molecule has 0 aromatic heterocycles. The Hall–Kier alpha value is -0.900. The lowest BCUT2D eigenvalue weighted by molar-refractivity contribution is -0.0100. The Morgan fingerprint density at radius 3 is 1.89 bits per heavy atom. The van der Waals surface area contributed by atoms with Crippen LogP contribution >= 0.6 is 0 Å². The number of unbranched alkanes of at least 4 members (excludes halogenated alkanes) is 2. The van der Waals surface area contributed by atoms with Crippen LogP contribution in [0.1, 0.15) is 25.7 Å². The number of hydrogen-bond acceptors (Lipinski definition) is 3. The molecule has 0 amide bonds. The smallest absolute Gasteiger partial charge is 0.0645 e. The van der Waals surface area contributed by atoms with E-state index >= 15 is 0 Å². The van der Waals surface area contributed by atoms with Crippen LogP contribution in [0.5, 0.6) is 0 Å². The summed E-state index contributed by atoms with van der Waals surface area (Å²) in [5.74, 6) is 0. The van der Waals surface area contributed by atoms with Gasteiger partial charge in [0.1, 0.15) is 0 Å². The fourth-order valence-corrected chi connectivity index (χ4v) is 1.91. The van der Waals surface area contributed by atoms with Gasteiger partial charge in [-0.1, -0.05) is 24.6 Å². The fourth-order valence-electron chi connectivity index (χ4n) is 1.91. The zero-order chi connectivity index (χ0) is 14.4. The molecule has 2 N–H and O–H groups in total. The Morgan fingerprint density at radius 2 is 1.47 bits per heavy atom. The highest BCUT2D eigenvalue weighted by atomic mass is 16.5. The van der Waals surface area contributed by atoms with E-state index < -0.39 is 0 Å². The van der Waals surface area contributed by atoms with Crippen molar-refractivity contribution in [2.45, 2.75) is 25.7 Å². The highest BCUT2D eigenvalue weighted by molar-refractivity contribution is 4.82. The van der Waals surface area contributed by atoms with Gasteiger partial charge in [0.2, 0.25) is 0 Å². The first-order chi connectivity index (χ1) is 9.24. The number of nitrogens with two attached hydrogens (primary N) is 1. The van der Waals surface area contributed by atoms with Crippen molar-refractivity contribution in [3.8, 4) is 0 Å². The molecule has 0 saturated heterocycles.